The SMILES string of the molecule is O=C(O)[C@H]1[C@@H](C(=O)N2CCN(c3ccc(Cl)c(Cl)c3)CC2)[C@H]2CC[C@@H]1O2. The second kappa shape index (κ2) is 6.91. The van der Waals surface area contributed by atoms with Gasteiger partial charge in [0.05, 0.1) is 34.1 Å². The minimum absolute atomic E-state index is 0.0848. The molecule has 0 spiro atoms. The number of rotatable bonds is 3. The number of nitrogens with zero attached hydrogens (tertiary/aromatic N) is 2. The van der Waals surface area contributed by atoms with Gasteiger partial charge in [-0.1, -0.05) is 23.2 Å². The maximum absolute atomic E-state index is 13.0. The summed E-state index contributed by atoms with van der Waals surface area (Å²) >= 11 is 12.1. The van der Waals surface area contributed by atoms with E-state index in [1.165, 1.54) is 0 Å². The van der Waals surface area contributed by atoms with Crippen LogP contribution in [0.2, 0.25) is 10.0 Å². The largest absolute Gasteiger partial charge is 0.481 e. The molecule has 1 amide bonds. The lowest BCUT2D eigenvalue weighted by Crippen LogP contribution is -2.53. The van der Waals surface area contributed by atoms with E-state index < -0.39 is 17.8 Å². The van der Waals surface area contributed by atoms with E-state index in [1.807, 2.05) is 12.1 Å². The average Bonchev–Trinajstić information content (AvgIpc) is 3.25. The van der Waals surface area contributed by atoms with Gasteiger partial charge < -0.3 is 19.6 Å². The average molecular weight is 399 g/mol. The molecule has 4 rings (SSSR count). The first-order valence-corrected chi connectivity index (χ1v) is 9.58. The van der Waals surface area contributed by atoms with E-state index in [2.05, 4.69) is 4.90 Å². The third-order valence-electron chi connectivity index (χ3n) is 5.70. The van der Waals surface area contributed by atoms with Crippen molar-refractivity contribution in [2.24, 2.45) is 11.8 Å². The molecule has 140 valence electrons. The number of carboxylic acid groups (broad SMARTS) is 1. The first kappa shape index (κ1) is 17.9. The molecule has 0 radical (unpaired) electrons. The van der Waals surface area contributed by atoms with Gasteiger partial charge in [0, 0.05) is 31.9 Å². The van der Waals surface area contributed by atoms with Gasteiger partial charge in [0.2, 0.25) is 5.91 Å². The van der Waals surface area contributed by atoms with Crippen LogP contribution in [0.1, 0.15) is 12.8 Å². The quantitative estimate of drug-likeness (QED) is 0.846. The van der Waals surface area contributed by atoms with E-state index in [4.69, 9.17) is 27.9 Å². The monoisotopic (exact) mass is 398 g/mol. The molecule has 2 bridgehead atoms. The Labute approximate surface area is 161 Å². The Morgan fingerprint density at radius 1 is 1.00 bits per heavy atom. The third kappa shape index (κ3) is 3.04. The van der Waals surface area contributed by atoms with Crippen LogP contribution >= 0.6 is 23.2 Å². The zero-order chi connectivity index (χ0) is 18.4. The second-order valence-electron chi connectivity index (χ2n) is 7.09. The second-order valence-corrected chi connectivity index (χ2v) is 7.91. The molecule has 0 saturated carbocycles. The predicted octanol–water partition coefficient (Wildman–Crippen LogP) is 2.52. The fourth-order valence-electron chi connectivity index (χ4n) is 4.38. The minimum atomic E-state index is -0.926. The smallest absolute Gasteiger partial charge is 0.310 e. The van der Waals surface area contributed by atoms with Crippen molar-refractivity contribution < 1.29 is 19.4 Å². The molecule has 3 saturated heterocycles. The van der Waals surface area contributed by atoms with Gasteiger partial charge in [0.1, 0.15) is 0 Å². The van der Waals surface area contributed by atoms with Gasteiger partial charge >= 0.3 is 5.97 Å². The van der Waals surface area contributed by atoms with E-state index >= 15 is 0 Å². The Morgan fingerprint density at radius 2 is 1.65 bits per heavy atom. The number of halogens is 2. The predicted molar refractivity (Wildman–Crippen MR) is 97.8 cm³/mol. The lowest BCUT2D eigenvalue weighted by molar-refractivity contribution is -0.151. The highest BCUT2D eigenvalue weighted by Gasteiger charge is 2.56. The summed E-state index contributed by atoms with van der Waals surface area (Å²) < 4.78 is 5.72. The van der Waals surface area contributed by atoms with Crippen molar-refractivity contribution in [3.05, 3.63) is 28.2 Å². The highest BCUT2D eigenvalue weighted by molar-refractivity contribution is 6.42. The number of hydrogen-bond acceptors (Lipinski definition) is 4. The number of carboxylic acids is 1. The molecular weight excluding hydrogens is 379 g/mol. The van der Waals surface area contributed by atoms with Crippen molar-refractivity contribution in [2.75, 3.05) is 31.1 Å². The van der Waals surface area contributed by atoms with E-state index in [1.54, 1.807) is 11.0 Å². The Kier molecular flexibility index (Phi) is 4.75. The molecule has 0 unspecified atom stereocenters. The van der Waals surface area contributed by atoms with E-state index in [0.717, 1.165) is 18.5 Å². The molecule has 8 heteroatoms. The third-order valence-corrected chi connectivity index (χ3v) is 6.44. The van der Waals surface area contributed by atoms with Gasteiger partial charge in [-0.2, -0.15) is 0 Å². The fraction of sp³-hybridized carbons (Fsp3) is 0.556. The van der Waals surface area contributed by atoms with Gasteiger partial charge in [-0.05, 0) is 31.0 Å². The van der Waals surface area contributed by atoms with Crippen molar-refractivity contribution in [1.82, 2.24) is 4.90 Å². The summed E-state index contributed by atoms with van der Waals surface area (Å²) in [5.41, 5.74) is 0.971. The van der Waals surface area contributed by atoms with Crippen LogP contribution in [-0.4, -0.2) is 60.3 Å². The number of fused-ring (bicyclic) bond motifs is 2. The van der Waals surface area contributed by atoms with E-state index in [9.17, 15) is 14.7 Å². The first-order valence-electron chi connectivity index (χ1n) is 8.83. The van der Waals surface area contributed by atoms with E-state index in [-0.39, 0.29) is 18.1 Å². The molecule has 3 aliphatic rings. The highest BCUT2D eigenvalue weighted by atomic mass is 35.5. The van der Waals surface area contributed by atoms with Crippen LogP contribution in [0.4, 0.5) is 5.69 Å². The molecule has 1 N–H and O–H groups in total. The van der Waals surface area contributed by atoms with Crippen molar-refractivity contribution >= 4 is 40.8 Å². The molecular formula is C18H20Cl2N2O4. The summed E-state index contributed by atoms with van der Waals surface area (Å²) in [6.07, 6.45) is 0.940. The topological polar surface area (TPSA) is 70.1 Å². The zero-order valence-electron chi connectivity index (χ0n) is 14.1. The van der Waals surface area contributed by atoms with Crippen LogP contribution in [0, 0.1) is 11.8 Å². The van der Waals surface area contributed by atoms with Crippen molar-refractivity contribution in [3.63, 3.8) is 0 Å². The summed E-state index contributed by atoms with van der Waals surface area (Å²) in [6.45, 7) is 2.45. The lowest BCUT2D eigenvalue weighted by Gasteiger charge is -2.38. The Balaban J connectivity index is 1.42. The molecule has 3 fully saturated rings. The zero-order valence-corrected chi connectivity index (χ0v) is 15.6. The van der Waals surface area contributed by atoms with Gasteiger partial charge in [-0.25, -0.2) is 0 Å². The number of hydrogen-bond donors (Lipinski definition) is 1. The molecule has 0 aliphatic carbocycles. The number of piperazine rings is 1. The number of carbonyl (C=O) groups is 2. The molecule has 4 atom stereocenters. The van der Waals surface area contributed by atoms with Crippen LogP contribution in [0.15, 0.2) is 18.2 Å². The van der Waals surface area contributed by atoms with Crippen LogP contribution in [-0.2, 0) is 14.3 Å². The number of aliphatic carboxylic acids is 1. The van der Waals surface area contributed by atoms with Crippen LogP contribution in [0.5, 0.6) is 0 Å². The number of ether oxygens (including phenoxy) is 1. The molecule has 1 aromatic carbocycles. The van der Waals surface area contributed by atoms with Crippen LogP contribution in [0.3, 0.4) is 0 Å². The highest BCUT2D eigenvalue weighted by Crippen LogP contribution is 2.44. The summed E-state index contributed by atoms with van der Waals surface area (Å²) in [5, 5.41) is 10.5. The van der Waals surface area contributed by atoms with Gasteiger partial charge in [-0.15, -0.1) is 0 Å². The molecule has 6 nitrogen and oxygen atoms in total. The normalized spacial score (nSPS) is 30.7. The summed E-state index contributed by atoms with van der Waals surface area (Å²) in [4.78, 5) is 28.5. The molecule has 1 aromatic rings. The Hall–Kier alpha value is -1.50. The van der Waals surface area contributed by atoms with Gasteiger partial charge in [0.15, 0.2) is 0 Å². The van der Waals surface area contributed by atoms with Crippen molar-refractivity contribution in [1.29, 1.82) is 0 Å². The summed E-state index contributed by atoms with van der Waals surface area (Å²) in [5.74, 6) is -2.28. The number of amides is 1. The van der Waals surface area contributed by atoms with Gasteiger partial charge in [-0.3, -0.25) is 9.59 Å². The maximum Gasteiger partial charge on any atom is 0.310 e. The number of carbonyl (C=O) groups excluding carboxylic acids is 1. The minimum Gasteiger partial charge on any atom is -0.481 e. The summed E-state index contributed by atoms with van der Waals surface area (Å²) in [7, 11) is 0. The van der Waals surface area contributed by atoms with E-state index in [0.29, 0.717) is 36.2 Å². The van der Waals surface area contributed by atoms with Crippen molar-refractivity contribution in [3.8, 4) is 0 Å². The van der Waals surface area contributed by atoms with Crippen LogP contribution in [0.25, 0.3) is 0 Å². The van der Waals surface area contributed by atoms with Crippen molar-refractivity contribution in [2.45, 2.75) is 25.0 Å². The van der Waals surface area contributed by atoms with Gasteiger partial charge in [0.25, 0.3) is 0 Å². The maximum atomic E-state index is 13.0. The fourth-order valence-corrected chi connectivity index (χ4v) is 4.68. The number of benzene rings is 1. The molecule has 3 heterocycles. The molecule has 3 aliphatic heterocycles. The number of anilines is 1. The summed E-state index contributed by atoms with van der Waals surface area (Å²) in [6, 6.07) is 5.50. The lowest BCUT2D eigenvalue weighted by atomic mass is 9.78. The van der Waals surface area contributed by atoms with Crippen LogP contribution < -0.4 is 4.90 Å². The Bertz CT molecular complexity index is 736. The molecule has 26 heavy (non-hydrogen) atoms. The first-order chi connectivity index (χ1) is 12.5. The molecule has 0 aromatic heterocycles. The Morgan fingerprint density at radius 3 is 2.27 bits per heavy atom. The standard InChI is InChI=1S/C18H20Cl2N2O4/c19-11-2-1-10(9-12(11)20)21-5-7-22(8-6-21)17(23)15-13-3-4-14(26-13)16(15)18(24)25/h1-2,9,13-16H,3-8H2,(H,24,25)/t13-,14+,15+,16-/m1/s1.